The highest BCUT2D eigenvalue weighted by Gasteiger charge is 2.32. The van der Waals surface area contributed by atoms with Gasteiger partial charge in [-0.25, -0.2) is 0 Å². The quantitative estimate of drug-likeness (QED) is 0.448. The largest absolute Gasteiger partial charge is 0.0654 e. The van der Waals surface area contributed by atoms with Crippen molar-refractivity contribution in [1.82, 2.24) is 0 Å². The molecule has 0 saturated heterocycles. The van der Waals surface area contributed by atoms with Crippen LogP contribution >= 0.6 is 0 Å². The van der Waals surface area contributed by atoms with Crippen LogP contribution in [0.15, 0.2) is 0 Å². The molecule has 0 radical (unpaired) electrons. The van der Waals surface area contributed by atoms with E-state index in [0.29, 0.717) is 5.41 Å². The lowest BCUT2D eigenvalue weighted by molar-refractivity contribution is 0.104. The zero-order chi connectivity index (χ0) is 12.6. The molecule has 0 aromatic rings. The van der Waals surface area contributed by atoms with Crippen LogP contribution in [0.2, 0.25) is 0 Å². The van der Waals surface area contributed by atoms with Crippen LogP contribution in [-0.2, 0) is 0 Å². The third-order valence-corrected chi connectivity index (χ3v) is 4.71. The van der Waals surface area contributed by atoms with Crippen LogP contribution in [0.1, 0.15) is 86.5 Å². The molecule has 2 unspecified atom stereocenters. The van der Waals surface area contributed by atoms with Gasteiger partial charge < -0.3 is 0 Å². The van der Waals surface area contributed by atoms with Crippen molar-refractivity contribution in [2.24, 2.45) is 17.3 Å². The molecule has 98 valence electrons. The summed E-state index contributed by atoms with van der Waals surface area (Å²) < 4.78 is 0. The maximum Gasteiger partial charge on any atom is -0.0300 e. The molecule has 0 amide bonds. The fraction of sp³-hybridized carbons (Fsp3) is 1.00. The summed E-state index contributed by atoms with van der Waals surface area (Å²) in [6, 6.07) is 0. The van der Waals surface area contributed by atoms with Gasteiger partial charge in [-0.05, 0) is 23.7 Å². The standard InChI is InChI=1S/C16H34/c1-7-10-12-14(4)16(5,6)15(9-3)13-11-8-2/h14-15H,7-13H2,1-6H3. The van der Waals surface area contributed by atoms with E-state index in [9.17, 15) is 0 Å². The van der Waals surface area contributed by atoms with Gasteiger partial charge in [0.1, 0.15) is 0 Å². The first-order valence-electron chi connectivity index (χ1n) is 7.50. The Bertz CT molecular complexity index is 157. The maximum absolute atomic E-state index is 2.50. The fourth-order valence-electron chi connectivity index (χ4n) is 2.84. The van der Waals surface area contributed by atoms with Crippen LogP contribution in [0.4, 0.5) is 0 Å². The van der Waals surface area contributed by atoms with Gasteiger partial charge in [-0.1, -0.05) is 80.1 Å². The van der Waals surface area contributed by atoms with E-state index >= 15 is 0 Å². The third-order valence-electron chi connectivity index (χ3n) is 4.71. The maximum atomic E-state index is 2.50. The summed E-state index contributed by atoms with van der Waals surface area (Å²) in [5, 5.41) is 0. The molecule has 0 aromatic carbocycles. The average Bonchev–Trinajstić information content (AvgIpc) is 2.26. The summed E-state index contributed by atoms with van der Waals surface area (Å²) >= 11 is 0. The first-order valence-corrected chi connectivity index (χ1v) is 7.50. The Kier molecular flexibility index (Phi) is 8.14. The van der Waals surface area contributed by atoms with Gasteiger partial charge in [0.05, 0.1) is 0 Å². The number of hydrogen-bond donors (Lipinski definition) is 0. The van der Waals surface area contributed by atoms with Gasteiger partial charge in [-0.3, -0.25) is 0 Å². The van der Waals surface area contributed by atoms with Gasteiger partial charge >= 0.3 is 0 Å². The molecule has 0 nitrogen and oxygen atoms in total. The summed E-state index contributed by atoms with van der Waals surface area (Å²) in [6.07, 6.45) is 9.67. The summed E-state index contributed by atoms with van der Waals surface area (Å²) in [5.41, 5.74) is 0.527. The highest BCUT2D eigenvalue weighted by molar-refractivity contribution is 4.82. The second kappa shape index (κ2) is 8.14. The number of hydrogen-bond acceptors (Lipinski definition) is 0. The molecule has 0 aliphatic carbocycles. The molecule has 0 rings (SSSR count). The Hall–Kier alpha value is 0. The zero-order valence-electron chi connectivity index (χ0n) is 12.6. The monoisotopic (exact) mass is 226 g/mol. The van der Waals surface area contributed by atoms with Crippen molar-refractivity contribution in [1.29, 1.82) is 0 Å². The van der Waals surface area contributed by atoms with Crippen molar-refractivity contribution in [3.63, 3.8) is 0 Å². The van der Waals surface area contributed by atoms with Gasteiger partial charge in [0.25, 0.3) is 0 Å². The molecule has 0 fully saturated rings. The number of rotatable bonds is 9. The van der Waals surface area contributed by atoms with Crippen molar-refractivity contribution >= 4 is 0 Å². The van der Waals surface area contributed by atoms with E-state index in [1.807, 2.05) is 0 Å². The Morgan fingerprint density at radius 3 is 1.81 bits per heavy atom. The van der Waals surface area contributed by atoms with E-state index in [2.05, 4.69) is 41.5 Å². The van der Waals surface area contributed by atoms with E-state index < -0.39 is 0 Å². The van der Waals surface area contributed by atoms with Gasteiger partial charge in [0, 0.05) is 0 Å². The minimum absolute atomic E-state index is 0.527. The summed E-state index contributed by atoms with van der Waals surface area (Å²) in [5.74, 6) is 1.79. The van der Waals surface area contributed by atoms with Gasteiger partial charge in [0.2, 0.25) is 0 Å². The van der Waals surface area contributed by atoms with Crippen molar-refractivity contribution < 1.29 is 0 Å². The van der Waals surface area contributed by atoms with Crippen LogP contribution in [0.5, 0.6) is 0 Å². The molecule has 2 atom stereocenters. The molecule has 0 saturated carbocycles. The first kappa shape index (κ1) is 16.0. The molecule has 16 heavy (non-hydrogen) atoms. The lowest BCUT2D eigenvalue weighted by atomic mass is 9.66. The van der Waals surface area contributed by atoms with Crippen molar-refractivity contribution in [3.05, 3.63) is 0 Å². The molecular formula is C16H34. The molecule has 0 aliphatic heterocycles. The molecule has 0 spiro atoms. The molecule has 0 bridgehead atoms. The lowest BCUT2D eigenvalue weighted by Gasteiger charge is -2.39. The van der Waals surface area contributed by atoms with Crippen LogP contribution in [0, 0.1) is 17.3 Å². The first-order chi connectivity index (χ1) is 7.50. The summed E-state index contributed by atoms with van der Waals surface area (Å²) in [4.78, 5) is 0. The lowest BCUT2D eigenvalue weighted by Crippen LogP contribution is -2.31. The highest BCUT2D eigenvalue weighted by Crippen LogP contribution is 2.41. The predicted molar refractivity (Wildman–Crippen MR) is 75.8 cm³/mol. The number of unbranched alkanes of at least 4 members (excludes halogenated alkanes) is 2. The topological polar surface area (TPSA) is 0 Å². The molecule has 0 N–H and O–H groups in total. The predicted octanol–water partition coefficient (Wildman–Crippen LogP) is 6.06. The van der Waals surface area contributed by atoms with Crippen molar-refractivity contribution in [2.45, 2.75) is 86.5 Å². The van der Waals surface area contributed by atoms with Crippen LogP contribution < -0.4 is 0 Å². The van der Waals surface area contributed by atoms with Crippen LogP contribution in [0.3, 0.4) is 0 Å². The second-order valence-electron chi connectivity index (χ2n) is 6.11. The van der Waals surface area contributed by atoms with E-state index in [4.69, 9.17) is 0 Å². The molecular weight excluding hydrogens is 192 g/mol. The van der Waals surface area contributed by atoms with Crippen LogP contribution in [0.25, 0.3) is 0 Å². The van der Waals surface area contributed by atoms with E-state index in [-0.39, 0.29) is 0 Å². The van der Waals surface area contributed by atoms with Crippen molar-refractivity contribution in [3.8, 4) is 0 Å². The molecule has 0 heterocycles. The Balaban J connectivity index is 4.32. The minimum atomic E-state index is 0.527. The average molecular weight is 226 g/mol. The Morgan fingerprint density at radius 2 is 1.38 bits per heavy atom. The van der Waals surface area contributed by atoms with E-state index in [1.165, 1.54) is 44.9 Å². The smallest absolute Gasteiger partial charge is 0.0300 e. The minimum Gasteiger partial charge on any atom is -0.0654 e. The normalized spacial score (nSPS) is 16.1. The Morgan fingerprint density at radius 1 is 0.875 bits per heavy atom. The van der Waals surface area contributed by atoms with Gasteiger partial charge in [-0.2, -0.15) is 0 Å². The second-order valence-corrected chi connectivity index (χ2v) is 6.11. The molecule has 0 heteroatoms. The zero-order valence-corrected chi connectivity index (χ0v) is 12.6. The fourth-order valence-corrected chi connectivity index (χ4v) is 2.84. The van der Waals surface area contributed by atoms with Crippen molar-refractivity contribution in [2.75, 3.05) is 0 Å². The highest BCUT2D eigenvalue weighted by atomic mass is 14.4. The third kappa shape index (κ3) is 4.89. The SMILES string of the molecule is CCCCC(C)C(C)(C)C(CC)CCCC. The molecule has 0 aliphatic rings. The van der Waals surface area contributed by atoms with E-state index in [1.54, 1.807) is 0 Å². The molecule has 0 aromatic heterocycles. The van der Waals surface area contributed by atoms with E-state index in [0.717, 1.165) is 11.8 Å². The van der Waals surface area contributed by atoms with Crippen LogP contribution in [-0.4, -0.2) is 0 Å². The Labute approximate surface area is 104 Å². The van der Waals surface area contributed by atoms with Gasteiger partial charge in [0.15, 0.2) is 0 Å². The summed E-state index contributed by atoms with van der Waals surface area (Å²) in [6.45, 7) is 14.4. The van der Waals surface area contributed by atoms with Gasteiger partial charge in [-0.15, -0.1) is 0 Å². The summed E-state index contributed by atoms with van der Waals surface area (Å²) in [7, 11) is 0.